The molecule has 2 aromatic rings. The highest BCUT2D eigenvalue weighted by atomic mass is 32.1. The molecule has 0 aliphatic heterocycles. The van der Waals surface area contributed by atoms with Crippen LogP contribution in [0.1, 0.15) is 58.1 Å². The summed E-state index contributed by atoms with van der Waals surface area (Å²) < 4.78 is 8.99. The van der Waals surface area contributed by atoms with Gasteiger partial charge in [0.05, 0.1) is 11.7 Å². The highest BCUT2D eigenvalue weighted by molar-refractivity contribution is 7.00. The summed E-state index contributed by atoms with van der Waals surface area (Å²) in [6, 6.07) is 4.46. The van der Waals surface area contributed by atoms with Crippen molar-refractivity contribution < 1.29 is 0 Å². The second-order valence-electron chi connectivity index (χ2n) is 5.56. The molecule has 0 atom stereocenters. The fourth-order valence-corrected chi connectivity index (χ4v) is 2.67. The topological polar surface area (TPSA) is 25.8 Å². The quantitative estimate of drug-likeness (QED) is 0.799. The van der Waals surface area contributed by atoms with Gasteiger partial charge >= 0.3 is 0 Å². The monoisotopic (exact) mass is 248 g/mol. The summed E-state index contributed by atoms with van der Waals surface area (Å²) in [5.74, 6) is 0.500. The third-order valence-corrected chi connectivity index (χ3v) is 4.21. The Morgan fingerprint density at radius 1 is 1.18 bits per heavy atom. The Bertz CT molecular complexity index is 526. The average molecular weight is 248 g/mol. The van der Waals surface area contributed by atoms with Gasteiger partial charge in [0.2, 0.25) is 0 Å². The zero-order chi connectivity index (χ0) is 12.6. The van der Waals surface area contributed by atoms with Gasteiger partial charge in [0, 0.05) is 0 Å². The molecule has 2 rings (SSSR count). The van der Waals surface area contributed by atoms with Crippen LogP contribution >= 0.6 is 11.7 Å². The van der Waals surface area contributed by atoms with Crippen LogP contribution in [-0.2, 0) is 5.41 Å². The number of aromatic nitrogens is 2. The van der Waals surface area contributed by atoms with E-state index < -0.39 is 0 Å². The van der Waals surface area contributed by atoms with Crippen molar-refractivity contribution in [2.45, 2.75) is 52.4 Å². The summed E-state index contributed by atoms with van der Waals surface area (Å²) in [6.07, 6.45) is 1.11. The summed E-state index contributed by atoms with van der Waals surface area (Å²) >= 11 is 1.33. The van der Waals surface area contributed by atoms with Crippen molar-refractivity contribution in [3.8, 4) is 0 Å². The first kappa shape index (κ1) is 12.5. The first-order valence-electron chi connectivity index (χ1n) is 6.23. The smallest absolute Gasteiger partial charge is 0.108 e. The predicted molar refractivity (Wildman–Crippen MR) is 74.8 cm³/mol. The van der Waals surface area contributed by atoms with Gasteiger partial charge in [-0.25, -0.2) is 0 Å². The summed E-state index contributed by atoms with van der Waals surface area (Å²) in [5.41, 5.74) is 5.01. The molecular weight excluding hydrogens is 228 g/mol. The van der Waals surface area contributed by atoms with Crippen molar-refractivity contribution in [3.63, 3.8) is 0 Å². The van der Waals surface area contributed by atoms with E-state index in [1.54, 1.807) is 0 Å². The molecule has 1 heterocycles. The Morgan fingerprint density at radius 3 is 2.41 bits per heavy atom. The highest BCUT2D eigenvalue weighted by Gasteiger charge is 2.23. The van der Waals surface area contributed by atoms with Gasteiger partial charge in [0.15, 0.2) is 0 Å². The molecule has 0 spiro atoms. The van der Waals surface area contributed by atoms with Crippen LogP contribution in [0.5, 0.6) is 0 Å². The molecule has 0 aliphatic carbocycles. The molecule has 17 heavy (non-hydrogen) atoms. The lowest BCUT2D eigenvalue weighted by Crippen LogP contribution is -2.16. The number of rotatable bonds is 3. The summed E-state index contributed by atoms with van der Waals surface area (Å²) in [6.45, 7) is 11.2. The Balaban J connectivity index is 2.69. The maximum atomic E-state index is 4.51. The standard InChI is InChI=1S/C14H20N2S/c1-6-14(4,5)11-8-7-10(9(2)3)12-13(11)16-17-15-12/h7-9H,6H2,1-5H3. The van der Waals surface area contributed by atoms with E-state index in [1.807, 2.05) is 0 Å². The molecule has 0 N–H and O–H groups in total. The Kier molecular flexibility index (Phi) is 3.21. The van der Waals surface area contributed by atoms with Crippen molar-refractivity contribution >= 4 is 22.8 Å². The Hall–Kier alpha value is -0.960. The molecule has 1 aromatic carbocycles. The van der Waals surface area contributed by atoms with Crippen molar-refractivity contribution in [2.75, 3.05) is 0 Å². The van der Waals surface area contributed by atoms with Crippen LogP contribution in [-0.4, -0.2) is 8.75 Å². The van der Waals surface area contributed by atoms with Crippen LogP contribution in [0.15, 0.2) is 12.1 Å². The van der Waals surface area contributed by atoms with E-state index in [4.69, 9.17) is 0 Å². The zero-order valence-corrected chi connectivity index (χ0v) is 12.1. The molecule has 0 amide bonds. The van der Waals surface area contributed by atoms with E-state index >= 15 is 0 Å². The molecular formula is C14H20N2S. The van der Waals surface area contributed by atoms with Crippen molar-refractivity contribution in [3.05, 3.63) is 23.3 Å². The fourth-order valence-electron chi connectivity index (χ4n) is 2.09. The second-order valence-corrected chi connectivity index (χ2v) is 6.08. The first-order chi connectivity index (χ1) is 7.97. The normalized spacial score (nSPS) is 12.6. The number of fused-ring (bicyclic) bond motifs is 1. The molecule has 1 aromatic heterocycles. The second kappa shape index (κ2) is 4.37. The fraction of sp³-hybridized carbons (Fsp3) is 0.571. The van der Waals surface area contributed by atoms with Crippen LogP contribution in [0, 0.1) is 0 Å². The average Bonchev–Trinajstić information content (AvgIpc) is 2.75. The Morgan fingerprint density at radius 2 is 1.82 bits per heavy atom. The number of nitrogens with zero attached hydrogens (tertiary/aromatic N) is 2. The minimum absolute atomic E-state index is 0.170. The SMILES string of the molecule is CCC(C)(C)c1ccc(C(C)C)c2nsnc12. The molecule has 0 fully saturated rings. The zero-order valence-electron chi connectivity index (χ0n) is 11.2. The lowest BCUT2D eigenvalue weighted by molar-refractivity contribution is 0.510. The maximum absolute atomic E-state index is 4.51. The van der Waals surface area contributed by atoms with E-state index in [9.17, 15) is 0 Å². The molecule has 0 aliphatic rings. The molecule has 0 unspecified atom stereocenters. The summed E-state index contributed by atoms with van der Waals surface area (Å²) in [7, 11) is 0. The van der Waals surface area contributed by atoms with Gasteiger partial charge in [-0.3, -0.25) is 0 Å². The van der Waals surface area contributed by atoms with Gasteiger partial charge < -0.3 is 0 Å². The van der Waals surface area contributed by atoms with E-state index in [0.717, 1.165) is 17.5 Å². The van der Waals surface area contributed by atoms with Crippen LogP contribution in [0.25, 0.3) is 11.0 Å². The molecule has 0 bridgehead atoms. The lowest BCUT2D eigenvalue weighted by atomic mass is 9.80. The molecule has 2 nitrogen and oxygen atoms in total. The van der Waals surface area contributed by atoms with Gasteiger partial charge in [-0.1, -0.05) is 46.8 Å². The van der Waals surface area contributed by atoms with Gasteiger partial charge in [0.1, 0.15) is 11.0 Å². The van der Waals surface area contributed by atoms with Crippen LogP contribution in [0.2, 0.25) is 0 Å². The van der Waals surface area contributed by atoms with Crippen molar-refractivity contribution in [1.29, 1.82) is 0 Å². The predicted octanol–water partition coefficient (Wildman–Crippen LogP) is 4.50. The lowest BCUT2D eigenvalue weighted by Gasteiger charge is -2.24. The van der Waals surface area contributed by atoms with Gasteiger partial charge in [0.25, 0.3) is 0 Å². The molecule has 0 radical (unpaired) electrons. The van der Waals surface area contributed by atoms with E-state index in [1.165, 1.54) is 22.9 Å². The molecule has 0 saturated carbocycles. The number of hydrogen-bond donors (Lipinski definition) is 0. The molecule has 3 heteroatoms. The first-order valence-corrected chi connectivity index (χ1v) is 6.96. The van der Waals surface area contributed by atoms with Gasteiger partial charge in [-0.15, -0.1) is 0 Å². The van der Waals surface area contributed by atoms with Crippen LogP contribution < -0.4 is 0 Å². The van der Waals surface area contributed by atoms with Gasteiger partial charge in [-0.05, 0) is 28.9 Å². The third kappa shape index (κ3) is 2.08. The largest absolute Gasteiger partial charge is 0.173 e. The van der Waals surface area contributed by atoms with E-state index in [-0.39, 0.29) is 5.41 Å². The third-order valence-electron chi connectivity index (χ3n) is 3.68. The van der Waals surface area contributed by atoms with E-state index in [2.05, 4.69) is 55.5 Å². The number of hydrogen-bond acceptors (Lipinski definition) is 3. The summed E-state index contributed by atoms with van der Waals surface area (Å²) in [4.78, 5) is 0. The molecule has 92 valence electrons. The molecule has 0 saturated heterocycles. The highest BCUT2D eigenvalue weighted by Crippen LogP contribution is 2.35. The van der Waals surface area contributed by atoms with E-state index in [0.29, 0.717) is 5.92 Å². The van der Waals surface area contributed by atoms with Gasteiger partial charge in [-0.2, -0.15) is 8.75 Å². The minimum Gasteiger partial charge on any atom is -0.173 e. The number of benzene rings is 1. The Labute approximate surface area is 107 Å². The maximum Gasteiger partial charge on any atom is 0.108 e. The van der Waals surface area contributed by atoms with Crippen LogP contribution in [0.3, 0.4) is 0 Å². The van der Waals surface area contributed by atoms with Crippen LogP contribution in [0.4, 0.5) is 0 Å². The summed E-state index contributed by atoms with van der Waals surface area (Å²) in [5, 5.41) is 0. The van der Waals surface area contributed by atoms with Crippen molar-refractivity contribution in [1.82, 2.24) is 8.75 Å². The minimum atomic E-state index is 0.170. The van der Waals surface area contributed by atoms with Crippen molar-refractivity contribution in [2.24, 2.45) is 0 Å².